The Morgan fingerprint density at radius 1 is 0.962 bits per heavy atom. The Labute approximate surface area is 156 Å². The number of likely N-dealkylation sites (tertiary alicyclic amines) is 1. The number of aromatic nitrogens is 1. The number of hydrogen-bond acceptors (Lipinski definition) is 3. The molecule has 2 fully saturated rings. The average Bonchev–Trinajstić information content (AvgIpc) is 3.02. The number of benzene rings is 1. The zero-order chi connectivity index (χ0) is 17.9. The van der Waals surface area contributed by atoms with Crippen molar-refractivity contribution in [2.24, 2.45) is 0 Å². The van der Waals surface area contributed by atoms with Crippen molar-refractivity contribution in [3.8, 4) is 0 Å². The summed E-state index contributed by atoms with van der Waals surface area (Å²) in [5.41, 5.74) is 2.41. The average molecular weight is 354 g/mol. The van der Waals surface area contributed by atoms with Crippen LogP contribution in [0, 0.1) is 0 Å². The van der Waals surface area contributed by atoms with Crippen molar-refractivity contribution < 1.29 is 4.79 Å². The van der Waals surface area contributed by atoms with Gasteiger partial charge >= 0.3 is 0 Å². The molecule has 0 aliphatic carbocycles. The Bertz CT molecular complexity index is 754. The summed E-state index contributed by atoms with van der Waals surface area (Å²) >= 11 is 0. The van der Waals surface area contributed by atoms with Gasteiger partial charge in [-0.25, -0.2) is 0 Å². The zero-order valence-electron chi connectivity index (χ0n) is 15.9. The number of carbonyl (C=O) groups is 1. The zero-order valence-corrected chi connectivity index (χ0v) is 15.9. The Kier molecular flexibility index (Phi) is 5.27. The predicted octanol–water partition coefficient (Wildman–Crippen LogP) is 2.40. The number of nitrogens with zero attached hydrogens (tertiary/aromatic N) is 4. The molecule has 0 radical (unpaired) electrons. The molecule has 0 unspecified atom stereocenters. The summed E-state index contributed by atoms with van der Waals surface area (Å²) in [6.45, 7) is 7.22. The van der Waals surface area contributed by atoms with Crippen molar-refractivity contribution in [2.45, 2.75) is 32.4 Å². The number of rotatable bonds is 4. The van der Waals surface area contributed by atoms with Gasteiger partial charge in [0.1, 0.15) is 0 Å². The summed E-state index contributed by atoms with van der Waals surface area (Å²) < 4.78 is 2.33. The van der Waals surface area contributed by atoms with E-state index in [1.165, 1.54) is 22.9 Å². The third-order valence-corrected chi connectivity index (χ3v) is 5.87. The molecular formula is C21H30N4O. The lowest BCUT2D eigenvalue weighted by Gasteiger charge is -2.32. The van der Waals surface area contributed by atoms with Gasteiger partial charge in [-0.1, -0.05) is 18.2 Å². The maximum absolute atomic E-state index is 12.7. The molecule has 3 heterocycles. The van der Waals surface area contributed by atoms with Crippen LogP contribution < -0.4 is 0 Å². The first-order valence-corrected chi connectivity index (χ1v) is 9.96. The van der Waals surface area contributed by atoms with E-state index in [9.17, 15) is 4.79 Å². The lowest BCUT2D eigenvalue weighted by Crippen LogP contribution is -2.44. The molecule has 2 aliphatic rings. The van der Waals surface area contributed by atoms with Crippen LogP contribution in [0.15, 0.2) is 30.5 Å². The number of likely N-dealkylation sites (N-methyl/N-ethyl adjacent to an activating group) is 1. The molecule has 0 bridgehead atoms. The Morgan fingerprint density at radius 2 is 1.69 bits per heavy atom. The monoisotopic (exact) mass is 354 g/mol. The van der Waals surface area contributed by atoms with Gasteiger partial charge < -0.3 is 14.4 Å². The smallest absolute Gasteiger partial charge is 0.227 e. The molecule has 5 nitrogen and oxygen atoms in total. The van der Waals surface area contributed by atoms with E-state index < -0.39 is 0 Å². The molecule has 0 N–H and O–H groups in total. The highest BCUT2D eigenvalue weighted by Gasteiger charge is 2.20. The van der Waals surface area contributed by atoms with Gasteiger partial charge in [-0.3, -0.25) is 9.69 Å². The Hall–Kier alpha value is -1.85. The second kappa shape index (κ2) is 7.80. The molecule has 0 spiro atoms. The number of para-hydroxylation sites is 1. The quantitative estimate of drug-likeness (QED) is 0.845. The minimum absolute atomic E-state index is 0.284. The molecule has 1 aromatic heterocycles. The van der Waals surface area contributed by atoms with E-state index in [2.05, 4.69) is 56.8 Å². The number of carbonyl (C=O) groups excluding carboxylic acids is 1. The predicted molar refractivity (Wildman–Crippen MR) is 105 cm³/mol. The van der Waals surface area contributed by atoms with E-state index in [0.717, 1.165) is 58.8 Å². The van der Waals surface area contributed by atoms with E-state index in [1.54, 1.807) is 0 Å². The van der Waals surface area contributed by atoms with E-state index in [-0.39, 0.29) is 5.91 Å². The Balaban J connectivity index is 1.52. The first-order chi connectivity index (χ1) is 12.7. The lowest BCUT2D eigenvalue weighted by molar-refractivity contribution is -0.131. The van der Waals surface area contributed by atoms with Gasteiger partial charge in [0.15, 0.2) is 0 Å². The summed E-state index contributed by atoms with van der Waals surface area (Å²) in [5.74, 6) is 0.284. The van der Waals surface area contributed by atoms with Gasteiger partial charge in [0, 0.05) is 56.4 Å². The number of piperidine rings is 1. The molecule has 0 atom stereocenters. The minimum Gasteiger partial charge on any atom is -0.342 e. The number of piperazine rings is 1. The molecule has 140 valence electrons. The van der Waals surface area contributed by atoms with Gasteiger partial charge in [-0.2, -0.15) is 0 Å². The van der Waals surface area contributed by atoms with Crippen LogP contribution in [0.2, 0.25) is 0 Å². The third kappa shape index (κ3) is 3.79. The first kappa shape index (κ1) is 17.6. The van der Waals surface area contributed by atoms with Crippen LogP contribution in [-0.2, 0) is 17.9 Å². The second-order valence-electron chi connectivity index (χ2n) is 7.82. The molecule has 1 amide bonds. The van der Waals surface area contributed by atoms with Crippen molar-refractivity contribution in [2.75, 3.05) is 46.3 Å². The first-order valence-electron chi connectivity index (χ1n) is 9.96. The number of fused-ring (bicyclic) bond motifs is 1. The van der Waals surface area contributed by atoms with Crippen LogP contribution in [0.25, 0.3) is 10.9 Å². The van der Waals surface area contributed by atoms with Crippen LogP contribution in [0.1, 0.15) is 24.8 Å². The molecule has 2 saturated heterocycles. The van der Waals surface area contributed by atoms with Crippen molar-refractivity contribution in [1.82, 2.24) is 19.3 Å². The van der Waals surface area contributed by atoms with Gasteiger partial charge in [0.05, 0.1) is 13.1 Å². The highest BCUT2D eigenvalue weighted by Crippen LogP contribution is 2.23. The van der Waals surface area contributed by atoms with Crippen molar-refractivity contribution in [1.29, 1.82) is 0 Å². The van der Waals surface area contributed by atoms with Crippen LogP contribution in [0.3, 0.4) is 0 Å². The highest BCUT2D eigenvalue weighted by atomic mass is 16.2. The summed E-state index contributed by atoms with van der Waals surface area (Å²) in [6, 6.07) is 8.52. The minimum atomic E-state index is 0.284. The van der Waals surface area contributed by atoms with Gasteiger partial charge in [-0.05, 0) is 37.9 Å². The summed E-state index contributed by atoms with van der Waals surface area (Å²) in [7, 11) is 2.19. The SMILES string of the molecule is CN1CCN(Cn2cc(CC(=O)N3CCCCC3)c3ccccc32)CC1. The maximum atomic E-state index is 12.7. The van der Waals surface area contributed by atoms with Crippen LogP contribution in [0.5, 0.6) is 0 Å². The van der Waals surface area contributed by atoms with Crippen LogP contribution >= 0.6 is 0 Å². The second-order valence-corrected chi connectivity index (χ2v) is 7.82. The molecule has 4 rings (SSSR count). The summed E-state index contributed by atoms with van der Waals surface area (Å²) in [5, 5.41) is 1.23. The number of amides is 1. The summed E-state index contributed by atoms with van der Waals surface area (Å²) in [6.07, 6.45) is 6.29. The highest BCUT2D eigenvalue weighted by molar-refractivity contribution is 5.89. The molecule has 1 aromatic carbocycles. The van der Waals surface area contributed by atoms with Crippen molar-refractivity contribution >= 4 is 16.8 Å². The van der Waals surface area contributed by atoms with Gasteiger partial charge in [0.2, 0.25) is 5.91 Å². The molecule has 5 heteroatoms. The fourth-order valence-corrected chi connectivity index (χ4v) is 4.20. The fourth-order valence-electron chi connectivity index (χ4n) is 4.20. The standard InChI is InChI=1S/C21H30N4O/c1-22-11-13-23(14-12-22)17-25-16-18(19-7-3-4-8-20(19)25)15-21(26)24-9-5-2-6-10-24/h3-4,7-8,16H,2,5-6,9-15,17H2,1H3. The van der Waals surface area contributed by atoms with Gasteiger partial charge in [0.25, 0.3) is 0 Å². The normalized spacial score (nSPS) is 20.0. The Morgan fingerprint density at radius 3 is 2.46 bits per heavy atom. The van der Waals surface area contributed by atoms with Crippen molar-refractivity contribution in [3.63, 3.8) is 0 Å². The summed E-state index contributed by atoms with van der Waals surface area (Å²) in [4.78, 5) is 19.7. The van der Waals surface area contributed by atoms with E-state index in [4.69, 9.17) is 0 Å². The number of hydrogen-bond donors (Lipinski definition) is 0. The largest absolute Gasteiger partial charge is 0.342 e. The van der Waals surface area contributed by atoms with Crippen molar-refractivity contribution in [3.05, 3.63) is 36.0 Å². The lowest BCUT2D eigenvalue weighted by atomic mass is 10.1. The van der Waals surface area contributed by atoms with E-state index in [0.29, 0.717) is 6.42 Å². The molecule has 26 heavy (non-hydrogen) atoms. The van der Waals surface area contributed by atoms with E-state index in [1.807, 2.05) is 0 Å². The van der Waals surface area contributed by atoms with Gasteiger partial charge in [-0.15, -0.1) is 0 Å². The topological polar surface area (TPSA) is 31.7 Å². The van der Waals surface area contributed by atoms with Crippen LogP contribution in [-0.4, -0.2) is 71.5 Å². The fraction of sp³-hybridized carbons (Fsp3) is 0.571. The molecule has 2 aliphatic heterocycles. The van der Waals surface area contributed by atoms with E-state index >= 15 is 0 Å². The maximum Gasteiger partial charge on any atom is 0.227 e. The molecular weight excluding hydrogens is 324 g/mol. The molecule has 0 saturated carbocycles. The molecule has 2 aromatic rings. The van der Waals surface area contributed by atoms with Crippen LogP contribution in [0.4, 0.5) is 0 Å². The third-order valence-electron chi connectivity index (χ3n) is 5.87.